The fourth-order valence-corrected chi connectivity index (χ4v) is 2.89. The van der Waals surface area contributed by atoms with Crippen LogP contribution in [0.15, 0.2) is 47.5 Å². The minimum absolute atomic E-state index is 0. The van der Waals surface area contributed by atoms with Crippen molar-refractivity contribution in [3.8, 4) is 0 Å². The van der Waals surface area contributed by atoms with Gasteiger partial charge in [0.05, 0.1) is 0 Å². The summed E-state index contributed by atoms with van der Waals surface area (Å²) < 4.78 is 40.6. The Morgan fingerprint density at radius 1 is 1.12 bits per heavy atom. The minimum atomic E-state index is -0.454. The Labute approximate surface area is 168 Å². The van der Waals surface area contributed by atoms with Crippen LogP contribution in [0.4, 0.5) is 13.2 Å². The third-order valence-corrected chi connectivity index (χ3v) is 4.34. The zero-order valence-electron chi connectivity index (χ0n) is 14.3. The molecule has 1 aliphatic carbocycles. The molecular formula is C19H21F3IN3. The topological polar surface area (TPSA) is 36.4 Å². The highest BCUT2D eigenvalue weighted by Gasteiger charge is 2.40. The van der Waals surface area contributed by atoms with Gasteiger partial charge in [0, 0.05) is 25.6 Å². The predicted octanol–water partition coefficient (Wildman–Crippen LogP) is 3.99. The quantitative estimate of drug-likeness (QED) is 0.390. The Kier molecular flexibility index (Phi) is 7.31. The molecule has 7 heteroatoms. The Morgan fingerprint density at radius 3 is 2.62 bits per heavy atom. The van der Waals surface area contributed by atoms with E-state index in [9.17, 15) is 13.2 Å². The summed E-state index contributed by atoms with van der Waals surface area (Å²) in [6.45, 7) is 0.414. The molecule has 3 nitrogen and oxygen atoms in total. The van der Waals surface area contributed by atoms with Gasteiger partial charge in [0.25, 0.3) is 0 Å². The van der Waals surface area contributed by atoms with Gasteiger partial charge in [-0.1, -0.05) is 18.2 Å². The van der Waals surface area contributed by atoms with Gasteiger partial charge in [0.2, 0.25) is 0 Å². The number of rotatable bonds is 5. The molecule has 0 bridgehead atoms. The van der Waals surface area contributed by atoms with Crippen molar-refractivity contribution < 1.29 is 13.2 Å². The van der Waals surface area contributed by atoms with Crippen LogP contribution in [0.25, 0.3) is 0 Å². The highest BCUT2D eigenvalue weighted by atomic mass is 127. The van der Waals surface area contributed by atoms with Crippen molar-refractivity contribution in [3.63, 3.8) is 0 Å². The Morgan fingerprint density at radius 2 is 1.88 bits per heavy atom. The molecule has 2 unspecified atom stereocenters. The van der Waals surface area contributed by atoms with E-state index in [4.69, 9.17) is 0 Å². The van der Waals surface area contributed by atoms with E-state index >= 15 is 0 Å². The second kappa shape index (κ2) is 9.25. The molecule has 0 radical (unpaired) electrons. The number of hydrogen-bond acceptors (Lipinski definition) is 1. The maximum absolute atomic E-state index is 13.8. The van der Waals surface area contributed by atoms with Crippen molar-refractivity contribution >= 4 is 29.9 Å². The molecule has 0 saturated heterocycles. The largest absolute Gasteiger partial charge is 0.356 e. The standard InChI is InChI=1S/C19H20F3N3.HI/c1-23-19(24-9-8-12-10-13(20)6-7-16(12)21)25-18-11-15(18)14-4-2-3-5-17(14)22;/h2-7,10,15,18H,8-9,11H2,1H3,(H2,23,24,25);1H. The highest BCUT2D eigenvalue weighted by Crippen LogP contribution is 2.41. The van der Waals surface area contributed by atoms with Crippen LogP contribution in [0.1, 0.15) is 23.5 Å². The number of benzene rings is 2. The first-order valence-electron chi connectivity index (χ1n) is 8.24. The number of nitrogens with zero attached hydrogens (tertiary/aromatic N) is 1. The number of nitrogens with one attached hydrogen (secondary N) is 2. The summed E-state index contributed by atoms with van der Waals surface area (Å²) in [6, 6.07) is 10.3. The molecule has 0 amide bonds. The van der Waals surface area contributed by atoms with E-state index in [0.29, 0.717) is 30.1 Å². The Balaban J connectivity index is 0.00000243. The van der Waals surface area contributed by atoms with Crippen molar-refractivity contribution in [2.24, 2.45) is 4.99 Å². The lowest BCUT2D eigenvalue weighted by Gasteiger charge is -2.12. The van der Waals surface area contributed by atoms with Crippen molar-refractivity contribution in [2.45, 2.75) is 24.8 Å². The molecule has 0 aromatic heterocycles. The van der Waals surface area contributed by atoms with Crippen LogP contribution in [-0.2, 0) is 6.42 Å². The molecule has 140 valence electrons. The summed E-state index contributed by atoms with van der Waals surface area (Å²) in [5.41, 5.74) is 1.02. The average molecular weight is 475 g/mol. The summed E-state index contributed by atoms with van der Waals surface area (Å²) >= 11 is 0. The lowest BCUT2D eigenvalue weighted by Crippen LogP contribution is -2.40. The number of guanidine groups is 1. The molecule has 0 aliphatic heterocycles. The Bertz CT molecular complexity index is 782. The second-order valence-electron chi connectivity index (χ2n) is 6.10. The van der Waals surface area contributed by atoms with Gasteiger partial charge in [-0.2, -0.15) is 0 Å². The molecular weight excluding hydrogens is 454 g/mol. The molecule has 2 aromatic rings. The molecule has 26 heavy (non-hydrogen) atoms. The van der Waals surface area contributed by atoms with Crippen LogP contribution >= 0.6 is 24.0 Å². The van der Waals surface area contributed by atoms with Crippen LogP contribution < -0.4 is 10.6 Å². The highest BCUT2D eigenvalue weighted by molar-refractivity contribution is 14.0. The molecule has 1 fully saturated rings. The van der Waals surface area contributed by atoms with E-state index in [2.05, 4.69) is 15.6 Å². The summed E-state index contributed by atoms with van der Waals surface area (Å²) in [7, 11) is 1.64. The van der Waals surface area contributed by atoms with E-state index in [1.807, 2.05) is 6.07 Å². The molecule has 0 spiro atoms. The minimum Gasteiger partial charge on any atom is -0.356 e. The van der Waals surface area contributed by atoms with Crippen LogP contribution in [0.2, 0.25) is 0 Å². The molecule has 0 heterocycles. The van der Waals surface area contributed by atoms with Gasteiger partial charge in [-0.25, -0.2) is 13.2 Å². The number of hydrogen-bond donors (Lipinski definition) is 2. The van der Waals surface area contributed by atoms with Crippen LogP contribution in [0, 0.1) is 17.5 Å². The van der Waals surface area contributed by atoms with Gasteiger partial charge >= 0.3 is 0 Å². The van der Waals surface area contributed by atoms with E-state index in [-0.39, 0.29) is 41.8 Å². The monoisotopic (exact) mass is 475 g/mol. The van der Waals surface area contributed by atoms with Gasteiger partial charge in [-0.05, 0) is 48.2 Å². The van der Waals surface area contributed by atoms with Crippen LogP contribution in [0.3, 0.4) is 0 Å². The molecule has 1 saturated carbocycles. The average Bonchev–Trinajstić information content (AvgIpc) is 3.36. The van der Waals surface area contributed by atoms with E-state index in [1.54, 1.807) is 19.2 Å². The molecule has 1 aliphatic rings. The van der Waals surface area contributed by atoms with Gasteiger partial charge in [0.1, 0.15) is 17.5 Å². The van der Waals surface area contributed by atoms with Crippen molar-refractivity contribution in [3.05, 3.63) is 71.0 Å². The molecule has 3 rings (SSSR count). The van der Waals surface area contributed by atoms with E-state index in [0.717, 1.165) is 18.6 Å². The smallest absolute Gasteiger partial charge is 0.191 e. The maximum Gasteiger partial charge on any atom is 0.191 e. The first-order chi connectivity index (χ1) is 12.1. The predicted molar refractivity (Wildman–Crippen MR) is 108 cm³/mol. The lowest BCUT2D eigenvalue weighted by atomic mass is 10.1. The van der Waals surface area contributed by atoms with Crippen molar-refractivity contribution in [1.29, 1.82) is 0 Å². The van der Waals surface area contributed by atoms with Gasteiger partial charge < -0.3 is 10.6 Å². The number of aliphatic imine (C=N–C) groups is 1. The van der Waals surface area contributed by atoms with E-state index in [1.165, 1.54) is 12.1 Å². The third-order valence-electron chi connectivity index (χ3n) is 4.34. The van der Waals surface area contributed by atoms with Gasteiger partial charge in [0.15, 0.2) is 5.96 Å². The van der Waals surface area contributed by atoms with Gasteiger partial charge in [-0.15, -0.1) is 24.0 Å². The summed E-state index contributed by atoms with van der Waals surface area (Å²) in [6.07, 6.45) is 1.17. The third kappa shape index (κ3) is 5.12. The SMILES string of the molecule is CN=C(NCCc1cc(F)ccc1F)NC1CC1c1ccccc1F.I. The molecule has 2 aromatic carbocycles. The second-order valence-corrected chi connectivity index (χ2v) is 6.10. The van der Waals surface area contributed by atoms with Crippen LogP contribution in [-0.4, -0.2) is 25.6 Å². The van der Waals surface area contributed by atoms with Crippen molar-refractivity contribution in [1.82, 2.24) is 10.6 Å². The Hall–Kier alpha value is -1.77. The molecule has 2 N–H and O–H groups in total. The fourth-order valence-electron chi connectivity index (χ4n) is 2.89. The van der Waals surface area contributed by atoms with Crippen molar-refractivity contribution in [2.75, 3.05) is 13.6 Å². The lowest BCUT2D eigenvalue weighted by molar-refractivity contribution is 0.583. The maximum atomic E-state index is 13.8. The molecule has 2 atom stereocenters. The summed E-state index contributed by atoms with van der Waals surface area (Å²) in [5.74, 6) is -0.375. The summed E-state index contributed by atoms with van der Waals surface area (Å²) in [4.78, 5) is 4.12. The summed E-state index contributed by atoms with van der Waals surface area (Å²) in [5, 5.41) is 6.31. The normalized spacial score (nSPS) is 18.8. The fraction of sp³-hybridized carbons (Fsp3) is 0.316. The number of halogens is 4. The van der Waals surface area contributed by atoms with E-state index < -0.39 is 11.6 Å². The first-order valence-corrected chi connectivity index (χ1v) is 8.24. The zero-order valence-corrected chi connectivity index (χ0v) is 16.6. The first kappa shape index (κ1) is 20.5. The van der Waals surface area contributed by atoms with Gasteiger partial charge in [-0.3, -0.25) is 4.99 Å². The zero-order chi connectivity index (χ0) is 17.8. The van der Waals surface area contributed by atoms with Crippen LogP contribution in [0.5, 0.6) is 0 Å².